The molecule has 1 aromatic carbocycles. The summed E-state index contributed by atoms with van der Waals surface area (Å²) in [5.41, 5.74) is 0. The first-order valence-corrected chi connectivity index (χ1v) is 5.59. The van der Waals surface area contributed by atoms with Gasteiger partial charge in [-0.2, -0.15) is 5.26 Å². The summed E-state index contributed by atoms with van der Waals surface area (Å²) in [5, 5.41) is 8.46. The number of nitrogens with zero attached hydrogens (tertiary/aromatic N) is 2. The third-order valence-corrected chi connectivity index (χ3v) is 2.40. The van der Waals surface area contributed by atoms with Gasteiger partial charge in [-0.15, -0.1) is 0 Å². The Labute approximate surface area is 102 Å². The normalized spacial score (nSPS) is 10.0. The molecular formula is C13H18N2O2. The summed E-state index contributed by atoms with van der Waals surface area (Å²) in [4.78, 5) is 2.07. The number of nitriles is 1. The van der Waals surface area contributed by atoms with Gasteiger partial charge in [0.05, 0.1) is 13.2 Å². The Bertz CT molecular complexity index is 374. The maximum absolute atomic E-state index is 8.46. The van der Waals surface area contributed by atoms with E-state index in [1.807, 2.05) is 31.3 Å². The van der Waals surface area contributed by atoms with Crippen LogP contribution in [0.2, 0.25) is 0 Å². The molecule has 1 aromatic rings. The van der Waals surface area contributed by atoms with Gasteiger partial charge in [-0.3, -0.25) is 0 Å². The van der Waals surface area contributed by atoms with Gasteiger partial charge in [0.15, 0.2) is 11.5 Å². The zero-order valence-corrected chi connectivity index (χ0v) is 10.3. The van der Waals surface area contributed by atoms with Gasteiger partial charge in [0.1, 0.15) is 6.61 Å². The van der Waals surface area contributed by atoms with Crippen molar-refractivity contribution < 1.29 is 9.47 Å². The summed E-state index contributed by atoms with van der Waals surface area (Å²) < 4.78 is 10.8. The SMILES string of the molecule is COc1ccccc1OCCN(C)CCC#N. The molecule has 0 spiro atoms. The van der Waals surface area contributed by atoms with Crippen LogP contribution in [0.5, 0.6) is 11.5 Å². The topological polar surface area (TPSA) is 45.5 Å². The van der Waals surface area contributed by atoms with Crippen LogP contribution in [0.1, 0.15) is 6.42 Å². The number of hydrogen-bond donors (Lipinski definition) is 0. The lowest BCUT2D eigenvalue weighted by molar-refractivity contribution is 0.232. The molecule has 0 amide bonds. The molecule has 4 nitrogen and oxygen atoms in total. The highest BCUT2D eigenvalue weighted by atomic mass is 16.5. The summed E-state index contributed by atoms with van der Waals surface area (Å²) >= 11 is 0. The summed E-state index contributed by atoms with van der Waals surface area (Å²) in [5.74, 6) is 1.50. The first-order chi connectivity index (χ1) is 8.27. The minimum atomic E-state index is 0.547. The van der Waals surface area contributed by atoms with Crippen molar-refractivity contribution in [3.8, 4) is 17.6 Å². The van der Waals surface area contributed by atoms with Crippen LogP contribution in [-0.2, 0) is 0 Å². The number of rotatable bonds is 7. The molecule has 0 fully saturated rings. The molecule has 0 unspecified atom stereocenters. The monoisotopic (exact) mass is 234 g/mol. The second-order valence-corrected chi connectivity index (χ2v) is 3.71. The number of likely N-dealkylation sites (N-methyl/N-ethyl adjacent to an activating group) is 1. The van der Waals surface area contributed by atoms with Crippen LogP contribution in [0.15, 0.2) is 24.3 Å². The Balaban J connectivity index is 2.33. The van der Waals surface area contributed by atoms with Crippen LogP contribution in [0.4, 0.5) is 0 Å². The van der Waals surface area contributed by atoms with Crippen LogP contribution >= 0.6 is 0 Å². The Kier molecular flexibility index (Phi) is 5.91. The fourth-order valence-electron chi connectivity index (χ4n) is 1.40. The van der Waals surface area contributed by atoms with Crippen LogP contribution in [-0.4, -0.2) is 38.8 Å². The highest BCUT2D eigenvalue weighted by Gasteiger charge is 2.03. The predicted octanol–water partition coefficient (Wildman–Crippen LogP) is 1.92. The molecule has 0 aromatic heterocycles. The van der Waals surface area contributed by atoms with E-state index < -0.39 is 0 Å². The Hall–Kier alpha value is -1.73. The summed E-state index contributed by atoms with van der Waals surface area (Å²) in [6.07, 6.45) is 0.547. The second kappa shape index (κ2) is 7.53. The van der Waals surface area contributed by atoms with Crippen molar-refractivity contribution in [1.82, 2.24) is 4.90 Å². The van der Waals surface area contributed by atoms with E-state index in [1.54, 1.807) is 7.11 Å². The predicted molar refractivity (Wildman–Crippen MR) is 66.2 cm³/mol. The van der Waals surface area contributed by atoms with Gasteiger partial charge in [-0.1, -0.05) is 12.1 Å². The quantitative estimate of drug-likeness (QED) is 0.723. The maximum atomic E-state index is 8.46. The van der Waals surface area contributed by atoms with E-state index in [-0.39, 0.29) is 0 Å². The van der Waals surface area contributed by atoms with Crippen molar-refractivity contribution in [3.05, 3.63) is 24.3 Å². The molecule has 0 heterocycles. The van der Waals surface area contributed by atoms with Crippen molar-refractivity contribution in [1.29, 1.82) is 5.26 Å². The van der Waals surface area contributed by atoms with Gasteiger partial charge in [0.2, 0.25) is 0 Å². The van der Waals surface area contributed by atoms with Crippen LogP contribution in [0, 0.1) is 11.3 Å². The Morgan fingerprint density at radius 2 is 1.94 bits per heavy atom. The lowest BCUT2D eigenvalue weighted by Crippen LogP contribution is -2.25. The molecule has 0 saturated carbocycles. The highest BCUT2D eigenvalue weighted by Crippen LogP contribution is 2.25. The summed E-state index contributed by atoms with van der Waals surface area (Å²) in [7, 11) is 3.60. The van der Waals surface area contributed by atoms with E-state index in [9.17, 15) is 0 Å². The molecule has 0 N–H and O–H groups in total. The fraction of sp³-hybridized carbons (Fsp3) is 0.462. The van der Waals surface area contributed by atoms with E-state index >= 15 is 0 Å². The molecule has 4 heteroatoms. The van der Waals surface area contributed by atoms with Crippen molar-refractivity contribution in [2.45, 2.75) is 6.42 Å². The average Bonchev–Trinajstić information content (AvgIpc) is 2.37. The molecule has 1 rings (SSSR count). The molecule has 17 heavy (non-hydrogen) atoms. The fourth-order valence-corrected chi connectivity index (χ4v) is 1.40. The molecular weight excluding hydrogens is 216 g/mol. The van der Waals surface area contributed by atoms with Gasteiger partial charge in [0.25, 0.3) is 0 Å². The van der Waals surface area contributed by atoms with E-state index in [0.717, 1.165) is 24.6 Å². The Morgan fingerprint density at radius 1 is 1.24 bits per heavy atom. The second-order valence-electron chi connectivity index (χ2n) is 3.71. The smallest absolute Gasteiger partial charge is 0.161 e. The number of methoxy groups -OCH3 is 1. The molecule has 92 valence electrons. The number of ether oxygens (including phenoxy) is 2. The standard InChI is InChI=1S/C13H18N2O2/c1-15(9-5-8-14)10-11-17-13-7-4-3-6-12(13)16-2/h3-4,6-7H,5,9-11H2,1-2H3. The maximum Gasteiger partial charge on any atom is 0.161 e. The number of para-hydroxylation sites is 2. The minimum Gasteiger partial charge on any atom is -0.493 e. The van der Waals surface area contributed by atoms with Gasteiger partial charge in [-0.05, 0) is 19.2 Å². The third-order valence-electron chi connectivity index (χ3n) is 2.40. The van der Waals surface area contributed by atoms with Crippen molar-refractivity contribution >= 4 is 0 Å². The van der Waals surface area contributed by atoms with Gasteiger partial charge in [0, 0.05) is 19.5 Å². The van der Waals surface area contributed by atoms with Crippen molar-refractivity contribution in [3.63, 3.8) is 0 Å². The highest BCUT2D eigenvalue weighted by molar-refractivity contribution is 5.39. The minimum absolute atomic E-state index is 0.547. The van der Waals surface area contributed by atoms with E-state index in [2.05, 4.69) is 11.0 Å². The molecule has 0 aliphatic carbocycles. The molecule has 0 saturated heterocycles. The molecule has 0 atom stereocenters. The number of hydrogen-bond acceptors (Lipinski definition) is 4. The van der Waals surface area contributed by atoms with E-state index in [4.69, 9.17) is 14.7 Å². The summed E-state index contributed by atoms with van der Waals surface area (Å²) in [6.45, 7) is 2.15. The van der Waals surface area contributed by atoms with Gasteiger partial charge >= 0.3 is 0 Å². The van der Waals surface area contributed by atoms with Crippen LogP contribution in [0.25, 0.3) is 0 Å². The zero-order chi connectivity index (χ0) is 12.5. The first-order valence-electron chi connectivity index (χ1n) is 5.59. The molecule has 0 bridgehead atoms. The first kappa shape index (κ1) is 13.3. The van der Waals surface area contributed by atoms with E-state index in [0.29, 0.717) is 13.0 Å². The largest absolute Gasteiger partial charge is 0.493 e. The lowest BCUT2D eigenvalue weighted by Gasteiger charge is -2.16. The summed E-state index contributed by atoms with van der Waals surface area (Å²) in [6, 6.07) is 9.70. The Morgan fingerprint density at radius 3 is 2.59 bits per heavy atom. The molecule has 0 aliphatic rings. The average molecular weight is 234 g/mol. The van der Waals surface area contributed by atoms with Crippen LogP contribution < -0.4 is 9.47 Å². The zero-order valence-electron chi connectivity index (χ0n) is 10.3. The van der Waals surface area contributed by atoms with Crippen LogP contribution in [0.3, 0.4) is 0 Å². The number of benzene rings is 1. The van der Waals surface area contributed by atoms with E-state index in [1.165, 1.54) is 0 Å². The van der Waals surface area contributed by atoms with Gasteiger partial charge in [-0.25, -0.2) is 0 Å². The lowest BCUT2D eigenvalue weighted by atomic mass is 10.3. The molecule has 0 radical (unpaired) electrons. The molecule has 0 aliphatic heterocycles. The van der Waals surface area contributed by atoms with Gasteiger partial charge < -0.3 is 14.4 Å². The third kappa shape index (κ3) is 4.75. The van der Waals surface area contributed by atoms with Crippen molar-refractivity contribution in [2.24, 2.45) is 0 Å². The van der Waals surface area contributed by atoms with Crippen molar-refractivity contribution in [2.75, 3.05) is 33.9 Å².